The number of aliphatic hydroxyl groups excluding tert-OH is 1. The molecule has 1 N–H and O–H groups in total. The first kappa shape index (κ1) is 15.3. The fourth-order valence-corrected chi connectivity index (χ4v) is 2.81. The molecule has 2 fully saturated rings. The molecule has 2 rings (SSSR count). The summed E-state index contributed by atoms with van der Waals surface area (Å²) in [6.45, 7) is 4.06. The van der Waals surface area contributed by atoms with Crippen molar-refractivity contribution in [1.29, 1.82) is 0 Å². The molecular formula is C14H24N2O4. The standard InChI is InChI=1S/C14H24N2O4/c1-10(2)20-9-12(17)7-16-13(18)8-15(14(16)19)11-5-3-4-6-11/h10-12,17H,3-9H2,1-2H3. The minimum absolute atomic E-state index is 0.0182. The number of urea groups is 1. The smallest absolute Gasteiger partial charge is 0.327 e. The van der Waals surface area contributed by atoms with Gasteiger partial charge in [-0.3, -0.25) is 9.69 Å². The highest BCUT2D eigenvalue weighted by Gasteiger charge is 2.41. The third-order valence-corrected chi connectivity index (χ3v) is 3.86. The van der Waals surface area contributed by atoms with Gasteiger partial charge in [-0.15, -0.1) is 0 Å². The predicted molar refractivity (Wildman–Crippen MR) is 73.2 cm³/mol. The highest BCUT2D eigenvalue weighted by molar-refractivity contribution is 6.02. The minimum atomic E-state index is -0.825. The van der Waals surface area contributed by atoms with Crippen LogP contribution in [0, 0.1) is 0 Å². The molecule has 6 heteroatoms. The number of imide groups is 1. The lowest BCUT2D eigenvalue weighted by Crippen LogP contribution is -2.42. The van der Waals surface area contributed by atoms with Crippen LogP contribution in [-0.4, -0.2) is 64.8 Å². The molecule has 0 radical (unpaired) electrons. The molecule has 114 valence electrons. The number of aliphatic hydroxyl groups is 1. The van der Waals surface area contributed by atoms with Crippen molar-refractivity contribution in [2.24, 2.45) is 0 Å². The highest BCUT2D eigenvalue weighted by Crippen LogP contribution is 2.27. The molecular weight excluding hydrogens is 260 g/mol. The van der Waals surface area contributed by atoms with Gasteiger partial charge < -0.3 is 14.7 Å². The summed E-state index contributed by atoms with van der Waals surface area (Å²) in [5.41, 5.74) is 0. The van der Waals surface area contributed by atoms with Gasteiger partial charge in [0.2, 0.25) is 5.91 Å². The predicted octanol–water partition coefficient (Wildman–Crippen LogP) is 0.979. The van der Waals surface area contributed by atoms with Crippen molar-refractivity contribution in [3.05, 3.63) is 0 Å². The summed E-state index contributed by atoms with van der Waals surface area (Å²) in [5, 5.41) is 9.86. The molecule has 0 spiro atoms. The third kappa shape index (κ3) is 3.49. The quantitative estimate of drug-likeness (QED) is 0.738. The Morgan fingerprint density at radius 3 is 2.55 bits per heavy atom. The summed E-state index contributed by atoms with van der Waals surface area (Å²) < 4.78 is 5.30. The van der Waals surface area contributed by atoms with E-state index in [1.165, 1.54) is 0 Å². The zero-order valence-electron chi connectivity index (χ0n) is 12.2. The fourth-order valence-electron chi connectivity index (χ4n) is 2.81. The second-order valence-electron chi connectivity index (χ2n) is 5.89. The first-order valence-corrected chi connectivity index (χ1v) is 7.39. The number of nitrogens with zero attached hydrogens (tertiary/aromatic N) is 2. The van der Waals surface area contributed by atoms with Crippen molar-refractivity contribution in [2.75, 3.05) is 19.7 Å². The fraction of sp³-hybridized carbons (Fsp3) is 0.857. The number of ether oxygens (including phenoxy) is 1. The normalized spacial score (nSPS) is 22.4. The van der Waals surface area contributed by atoms with Crippen molar-refractivity contribution in [1.82, 2.24) is 9.80 Å². The Balaban J connectivity index is 1.88. The maximum absolute atomic E-state index is 12.3. The number of rotatable bonds is 6. The van der Waals surface area contributed by atoms with Crippen LogP contribution in [0.15, 0.2) is 0 Å². The van der Waals surface area contributed by atoms with E-state index in [1.54, 1.807) is 4.90 Å². The molecule has 0 aromatic heterocycles. The van der Waals surface area contributed by atoms with Crippen LogP contribution < -0.4 is 0 Å². The molecule has 1 aliphatic carbocycles. The van der Waals surface area contributed by atoms with E-state index in [0.717, 1.165) is 30.6 Å². The summed E-state index contributed by atoms with van der Waals surface area (Å²) in [6.07, 6.45) is 3.39. The monoisotopic (exact) mass is 284 g/mol. The van der Waals surface area contributed by atoms with Gasteiger partial charge in [0.15, 0.2) is 0 Å². The molecule has 1 saturated carbocycles. The van der Waals surface area contributed by atoms with E-state index in [2.05, 4.69) is 0 Å². The topological polar surface area (TPSA) is 70.1 Å². The first-order valence-electron chi connectivity index (χ1n) is 7.39. The number of carbonyl (C=O) groups is 2. The van der Waals surface area contributed by atoms with Crippen molar-refractivity contribution in [2.45, 2.75) is 57.8 Å². The Kier molecular flexibility index (Phi) is 4.99. The molecule has 0 aromatic carbocycles. The van der Waals surface area contributed by atoms with Crippen molar-refractivity contribution in [3.8, 4) is 0 Å². The average Bonchev–Trinajstić information content (AvgIpc) is 2.99. The van der Waals surface area contributed by atoms with Crippen molar-refractivity contribution in [3.63, 3.8) is 0 Å². The van der Waals surface area contributed by atoms with Crippen molar-refractivity contribution < 1.29 is 19.4 Å². The lowest BCUT2D eigenvalue weighted by Gasteiger charge is -2.24. The third-order valence-electron chi connectivity index (χ3n) is 3.86. The maximum Gasteiger partial charge on any atom is 0.327 e. The molecule has 3 amide bonds. The summed E-state index contributed by atoms with van der Waals surface area (Å²) in [7, 11) is 0. The molecule has 20 heavy (non-hydrogen) atoms. The molecule has 0 bridgehead atoms. The number of hydrogen-bond acceptors (Lipinski definition) is 4. The largest absolute Gasteiger partial charge is 0.389 e. The lowest BCUT2D eigenvalue weighted by molar-refractivity contribution is -0.126. The van der Waals surface area contributed by atoms with Crippen LogP contribution in [-0.2, 0) is 9.53 Å². The van der Waals surface area contributed by atoms with Crippen LogP contribution in [0.1, 0.15) is 39.5 Å². The van der Waals surface area contributed by atoms with Gasteiger partial charge in [-0.1, -0.05) is 12.8 Å². The number of β-amino-alcohol motifs (C(OH)–C–C–N with tert-alkyl or cyclic N) is 1. The van der Waals surface area contributed by atoms with Crippen LogP contribution >= 0.6 is 0 Å². The van der Waals surface area contributed by atoms with E-state index in [0.29, 0.717) is 0 Å². The van der Waals surface area contributed by atoms with Crippen LogP contribution in [0.25, 0.3) is 0 Å². The zero-order chi connectivity index (χ0) is 14.7. The van der Waals surface area contributed by atoms with E-state index >= 15 is 0 Å². The summed E-state index contributed by atoms with van der Waals surface area (Å²) >= 11 is 0. The highest BCUT2D eigenvalue weighted by atomic mass is 16.5. The van der Waals surface area contributed by atoms with Gasteiger partial charge in [0.25, 0.3) is 0 Å². The molecule has 0 aromatic rings. The van der Waals surface area contributed by atoms with Gasteiger partial charge >= 0.3 is 6.03 Å². The second-order valence-corrected chi connectivity index (χ2v) is 5.89. The van der Waals surface area contributed by atoms with E-state index in [4.69, 9.17) is 4.74 Å². The molecule has 6 nitrogen and oxygen atoms in total. The molecule has 1 heterocycles. The Hall–Kier alpha value is -1.14. The van der Waals surface area contributed by atoms with E-state index in [-0.39, 0.29) is 43.8 Å². The number of carbonyl (C=O) groups excluding carboxylic acids is 2. The lowest BCUT2D eigenvalue weighted by atomic mass is 10.2. The van der Waals surface area contributed by atoms with E-state index in [9.17, 15) is 14.7 Å². The second kappa shape index (κ2) is 6.54. The molecule has 1 atom stereocenters. The number of hydrogen-bond donors (Lipinski definition) is 1. The van der Waals surface area contributed by atoms with Crippen molar-refractivity contribution >= 4 is 11.9 Å². The van der Waals surface area contributed by atoms with Gasteiger partial charge in [0.1, 0.15) is 6.54 Å². The van der Waals surface area contributed by atoms with Crippen LogP contribution in [0.4, 0.5) is 4.79 Å². The first-order chi connectivity index (χ1) is 9.49. The Morgan fingerprint density at radius 2 is 1.95 bits per heavy atom. The van der Waals surface area contributed by atoms with Crippen LogP contribution in [0.5, 0.6) is 0 Å². The SMILES string of the molecule is CC(C)OCC(O)CN1C(=O)CN(C2CCCC2)C1=O. The molecule has 2 aliphatic rings. The minimum Gasteiger partial charge on any atom is -0.389 e. The maximum atomic E-state index is 12.3. The van der Waals surface area contributed by atoms with Crippen LogP contribution in [0.2, 0.25) is 0 Å². The van der Waals surface area contributed by atoms with Gasteiger partial charge in [-0.05, 0) is 26.7 Å². The van der Waals surface area contributed by atoms with Gasteiger partial charge in [-0.25, -0.2) is 4.79 Å². The Bertz CT molecular complexity index is 366. The summed E-state index contributed by atoms with van der Waals surface area (Å²) in [4.78, 5) is 27.0. The Morgan fingerprint density at radius 1 is 1.30 bits per heavy atom. The van der Waals surface area contributed by atoms with E-state index in [1.807, 2.05) is 13.8 Å². The molecule has 1 aliphatic heterocycles. The zero-order valence-corrected chi connectivity index (χ0v) is 12.2. The number of amides is 3. The Labute approximate surface area is 119 Å². The van der Waals surface area contributed by atoms with Gasteiger partial charge in [0.05, 0.1) is 25.4 Å². The van der Waals surface area contributed by atoms with E-state index < -0.39 is 6.10 Å². The van der Waals surface area contributed by atoms with Gasteiger partial charge in [-0.2, -0.15) is 0 Å². The summed E-state index contributed by atoms with van der Waals surface area (Å²) in [6, 6.07) is -0.0639. The summed E-state index contributed by atoms with van der Waals surface area (Å²) in [5.74, 6) is -0.217. The average molecular weight is 284 g/mol. The van der Waals surface area contributed by atoms with Crippen LogP contribution in [0.3, 0.4) is 0 Å². The molecule has 1 unspecified atom stereocenters. The van der Waals surface area contributed by atoms with Gasteiger partial charge in [0, 0.05) is 6.04 Å². The molecule has 1 saturated heterocycles.